The lowest BCUT2D eigenvalue weighted by atomic mass is 9.84. The molecule has 1 aliphatic rings. The van der Waals surface area contributed by atoms with Crippen molar-refractivity contribution in [3.8, 4) is 0 Å². The summed E-state index contributed by atoms with van der Waals surface area (Å²) in [5, 5.41) is 12.0. The molecule has 17 heavy (non-hydrogen) atoms. The zero-order valence-electron chi connectivity index (χ0n) is 10.3. The minimum Gasteiger partial charge on any atom is -0.481 e. The third kappa shape index (κ3) is 3.70. The van der Waals surface area contributed by atoms with Crippen molar-refractivity contribution in [1.82, 2.24) is 5.32 Å². The first kappa shape index (κ1) is 14.0. The summed E-state index contributed by atoms with van der Waals surface area (Å²) in [6.07, 6.45) is 4.00. The molecule has 0 aromatic carbocycles. The zero-order chi connectivity index (χ0) is 12.8. The highest BCUT2D eigenvalue weighted by atomic mass is 16.4. The predicted molar refractivity (Wildman–Crippen MR) is 64.4 cm³/mol. The molecular formula is C12H22N2O3. The quantitative estimate of drug-likeness (QED) is 0.662. The predicted octanol–water partition coefficient (Wildman–Crippen LogP) is 0.731. The van der Waals surface area contributed by atoms with Crippen LogP contribution in [0.15, 0.2) is 0 Å². The van der Waals surface area contributed by atoms with Crippen LogP contribution in [0.1, 0.15) is 39.0 Å². The van der Waals surface area contributed by atoms with Gasteiger partial charge in [0, 0.05) is 18.5 Å². The third-order valence-corrected chi connectivity index (χ3v) is 3.56. The summed E-state index contributed by atoms with van der Waals surface area (Å²) in [7, 11) is 0. The Balaban J connectivity index is 2.58. The first-order valence-corrected chi connectivity index (χ1v) is 6.33. The minimum absolute atomic E-state index is 0.104. The van der Waals surface area contributed by atoms with E-state index in [9.17, 15) is 9.59 Å². The van der Waals surface area contributed by atoms with Crippen LogP contribution in [0.3, 0.4) is 0 Å². The summed E-state index contributed by atoms with van der Waals surface area (Å²) in [6.45, 7) is 2.22. The lowest BCUT2D eigenvalue weighted by Gasteiger charge is -2.30. The van der Waals surface area contributed by atoms with E-state index in [4.69, 9.17) is 10.8 Å². The number of carboxylic acids is 1. The summed E-state index contributed by atoms with van der Waals surface area (Å²) in [5.41, 5.74) is 5.51. The number of carbonyl (C=O) groups excluding carboxylic acids is 1. The van der Waals surface area contributed by atoms with Gasteiger partial charge in [-0.15, -0.1) is 0 Å². The van der Waals surface area contributed by atoms with Crippen molar-refractivity contribution in [2.45, 2.75) is 45.1 Å². The van der Waals surface area contributed by atoms with E-state index in [0.717, 1.165) is 19.3 Å². The van der Waals surface area contributed by atoms with Gasteiger partial charge in [-0.05, 0) is 19.3 Å². The molecule has 0 aromatic rings. The van der Waals surface area contributed by atoms with E-state index < -0.39 is 11.9 Å². The maximum Gasteiger partial charge on any atom is 0.308 e. The average Bonchev–Trinajstić information content (AvgIpc) is 2.31. The monoisotopic (exact) mass is 242 g/mol. The Labute approximate surface area is 102 Å². The SMILES string of the molecule is CCC(CN)C(=O)NC1CCCCC1C(=O)O. The van der Waals surface area contributed by atoms with Crippen molar-refractivity contribution in [3.05, 3.63) is 0 Å². The molecule has 0 saturated heterocycles. The van der Waals surface area contributed by atoms with Crippen molar-refractivity contribution >= 4 is 11.9 Å². The Hall–Kier alpha value is -1.10. The van der Waals surface area contributed by atoms with E-state index >= 15 is 0 Å². The van der Waals surface area contributed by atoms with Gasteiger partial charge in [0.15, 0.2) is 0 Å². The van der Waals surface area contributed by atoms with Gasteiger partial charge < -0.3 is 16.2 Å². The number of hydrogen-bond acceptors (Lipinski definition) is 3. The van der Waals surface area contributed by atoms with Gasteiger partial charge >= 0.3 is 5.97 Å². The van der Waals surface area contributed by atoms with E-state index in [-0.39, 0.29) is 17.9 Å². The first-order chi connectivity index (χ1) is 8.10. The van der Waals surface area contributed by atoms with Gasteiger partial charge in [0.05, 0.1) is 5.92 Å². The molecule has 0 bridgehead atoms. The van der Waals surface area contributed by atoms with Crippen LogP contribution in [0, 0.1) is 11.8 Å². The number of hydrogen-bond donors (Lipinski definition) is 3. The second-order valence-corrected chi connectivity index (χ2v) is 4.69. The van der Waals surface area contributed by atoms with E-state index in [2.05, 4.69) is 5.32 Å². The van der Waals surface area contributed by atoms with Gasteiger partial charge in [0.2, 0.25) is 5.91 Å². The normalized spacial score (nSPS) is 26.2. The molecule has 0 aliphatic heterocycles. The molecule has 3 unspecified atom stereocenters. The van der Waals surface area contributed by atoms with Gasteiger partial charge in [-0.2, -0.15) is 0 Å². The van der Waals surface area contributed by atoms with Crippen LogP contribution < -0.4 is 11.1 Å². The standard InChI is InChI=1S/C12H22N2O3/c1-2-8(7-13)11(15)14-10-6-4-3-5-9(10)12(16)17/h8-10H,2-7,13H2,1H3,(H,14,15)(H,16,17). The lowest BCUT2D eigenvalue weighted by molar-refractivity contribution is -0.144. The van der Waals surface area contributed by atoms with Crippen molar-refractivity contribution in [1.29, 1.82) is 0 Å². The molecule has 0 heterocycles. The van der Waals surface area contributed by atoms with Crippen molar-refractivity contribution in [2.75, 3.05) is 6.54 Å². The Bertz CT molecular complexity index is 277. The topological polar surface area (TPSA) is 92.4 Å². The van der Waals surface area contributed by atoms with E-state index in [1.165, 1.54) is 0 Å². The summed E-state index contributed by atoms with van der Waals surface area (Å²) < 4.78 is 0. The van der Waals surface area contributed by atoms with Crippen LogP contribution in [0.25, 0.3) is 0 Å². The molecule has 1 fully saturated rings. The summed E-state index contributed by atoms with van der Waals surface area (Å²) in [5.74, 6) is -1.56. The van der Waals surface area contributed by atoms with Gasteiger partial charge in [-0.3, -0.25) is 9.59 Å². The lowest BCUT2D eigenvalue weighted by Crippen LogP contribution is -2.48. The van der Waals surface area contributed by atoms with Crippen molar-refractivity contribution in [3.63, 3.8) is 0 Å². The Kier molecular flexibility index (Phi) is 5.41. The highest BCUT2D eigenvalue weighted by molar-refractivity contribution is 5.80. The molecule has 1 aliphatic carbocycles. The average molecular weight is 242 g/mol. The fourth-order valence-corrected chi connectivity index (χ4v) is 2.36. The number of rotatable bonds is 5. The molecule has 98 valence electrons. The Morgan fingerprint density at radius 1 is 1.41 bits per heavy atom. The second kappa shape index (κ2) is 6.59. The van der Waals surface area contributed by atoms with Gasteiger partial charge in [-0.1, -0.05) is 19.8 Å². The smallest absolute Gasteiger partial charge is 0.308 e. The number of nitrogens with one attached hydrogen (secondary N) is 1. The fourth-order valence-electron chi connectivity index (χ4n) is 2.36. The number of carboxylic acid groups (broad SMARTS) is 1. The van der Waals surface area contributed by atoms with Crippen LogP contribution in [0.2, 0.25) is 0 Å². The number of aliphatic carboxylic acids is 1. The molecule has 1 amide bonds. The Morgan fingerprint density at radius 3 is 2.59 bits per heavy atom. The van der Waals surface area contributed by atoms with E-state index in [0.29, 0.717) is 19.4 Å². The van der Waals surface area contributed by atoms with Crippen LogP contribution in [0.4, 0.5) is 0 Å². The molecule has 5 heteroatoms. The van der Waals surface area contributed by atoms with Crippen molar-refractivity contribution < 1.29 is 14.7 Å². The number of amides is 1. The largest absolute Gasteiger partial charge is 0.481 e. The summed E-state index contributed by atoms with van der Waals surface area (Å²) >= 11 is 0. The third-order valence-electron chi connectivity index (χ3n) is 3.56. The second-order valence-electron chi connectivity index (χ2n) is 4.69. The zero-order valence-corrected chi connectivity index (χ0v) is 10.3. The molecule has 3 atom stereocenters. The fraction of sp³-hybridized carbons (Fsp3) is 0.833. The molecule has 0 radical (unpaired) electrons. The maximum absolute atomic E-state index is 11.9. The molecule has 4 N–H and O–H groups in total. The molecule has 1 rings (SSSR count). The van der Waals surface area contributed by atoms with Gasteiger partial charge in [-0.25, -0.2) is 0 Å². The first-order valence-electron chi connectivity index (χ1n) is 6.33. The highest BCUT2D eigenvalue weighted by Crippen LogP contribution is 2.25. The summed E-state index contributed by atoms with van der Waals surface area (Å²) in [4.78, 5) is 22.9. The molecule has 5 nitrogen and oxygen atoms in total. The Morgan fingerprint density at radius 2 is 2.06 bits per heavy atom. The van der Waals surface area contributed by atoms with Crippen LogP contribution in [0.5, 0.6) is 0 Å². The van der Waals surface area contributed by atoms with E-state index in [1.807, 2.05) is 6.92 Å². The van der Waals surface area contributed by atoms with Crippen LogP contribution in [-0.2, 0) is 9.59 Å². The van der Waals surface area contributed by atoms with Gasteiger partial charge in [0.25, 0.3) is 0 Å². The van der Waals surface area contributed by atoms with Crippen LogP contribution >= 0.6 is 0 Å². The van der Waals surface area contributed by atoms with Crippen LogP contribution in [-0.4, -0.2) is 29.6 Å². The number of carbonyl (C=O) groups is 2. The highest BCUT2D eigenvalue weighted by Gasteiger charge is 2.32. The van der Waals surface area contributed by atoms with E-state index in [1.54, 1.807) is 0 Å². The molecule has 1 saturated carbocycles. The van der Waals surface area contributed by atoms with Gasteiger partial charge in [0.1, 0.15) is 0 Å². The molecule has 0 spiro atoms. The minimum atomic E-state index is -0.809. The summed E-state index contributed by atoms with van der Waals surface area (Å²) in [6, 6.07) is -0.227. The maximum atomic E-state index is 11.9. The molecule has 0 aromatic heterocycles. The van der Waals surface area contributed by atoms with Crippen molar-refractivity contribution in [2.24, 2.45) is 17.6 Å². The molecular weight excluding hydrogens is 220 g/mol. The number of nitrogens with two attached hydrogens (primary N) is 1.